The lowest BCUT2D eigenvalue weighted by molar-refractivity contribution is 0.578. The van der Waals surface area contributed by atoms with Gasteiger partial charge in [-0.15, -0.1) is 11.3 Å². The van der Waals surface area contributed by atoms with Gasteiger partial charge in [0, 0.05) is 42.0 Å². The van der Waals surface area contributed by atoms with Crippen molar-refractivity contribution in [1.82, 2.24) is 15.1 Å². The monoisotopic (exact) mass is 263 g/mol. The fourth-order valence-electron chi connectivity index (χ4n) is 1.93. The second-order valence-electron chi connectivity index (χ2n) is 4.56. The first-order valence-electron chi connectivity index (χ1n) is 6.49. The summed E-state index contributed by atoms with van der Waals surface area (Å²) >= 11 is 1.91. The van der Waals surface area contributed by atoms with Gasteiger partial charge in [0.15, 0.2) is 0 Å². The Morgan fingerprint density at radius 3 is 2.83 bits per heavy atom. The molecule has 1 N–H and O–H groups in total. The molecule has 0 aliphatic heterocycles. The van der Waals surface area contributed by atoms with Crippen LogP contribution in [0.3, 0.4) is 0 Å². The third-order valence-corrected chi connectivity index (χ3v) is 4.47. The molecular formula is C14H21N3S. The molecule has 98 valence electrons. The van der Waals surface area contributed by atoms with Gasteiger partial charge in [-0.1, -0.05) is 6.92 Å². The van der Waals surface area contributed by atoms with E-state index in [-0.39, 0.29) is 0 Å². The van der Waals surface area contributed by atoms with Crippen molar-refractivity contribution in [2.75, 3.05) is 6.54 Å². The first-order valence-corrected chi connectivity index (χ1v) is 7.31. The molecule has 0 spiro atoms. The van der Waals surface area contributed by atoms with Gasteiger partial charge in [-0.3, -0.25) is 4.68 Å². The van der Waals surface area contributed by atoms with Gasteiger partial charge in [-0.2, -0.15) is 5.10 Å². The van der Waals surface area contributed by atoms with Crippen LogP contribution in [0.1, 0.15) is 35.3 Å². The highest BCUT2D eigenvalue weighted by atomic mass is 32.1. The molecule has 0 fully saturated rings. The van der Waals surface area contributed by atoms with E-state index in [2.05, 4.69) is 42.5 Å². The van der Waals surface area contributed by atoms with Gasteiger partial charge in [-0.25, -0.2) is 0 Å². The molecule has 0 aliphatic rings. The van der Waals surface area contributed by atoms with Crippen molar-refractivity contribution < 1.29 is 0 Å². The van der Waals surface area contributed by atoms with E-state index in [0.717, 1.165) is 25.1 Å². The van der Waals surface area contributed by atoms with E-state index in [4.69, 9.17) is 0 Å². The molecule has 1 atom stereocenters. The van der Waals surface area contributed by atoms with Gasteiger partial charge < -0.3 is 5.32 Å². The molecular weight excluding hydrogens is 242 g/mol. The molecule has 0 saturated carbocycles. The summed E-state index contributed by atoms with van der Waals surface area (Å²) < 4.78 is 1.85. The van der Waals surface area contributed by atoms with Crippen molar-refractivity contribution >= 4 is 11.3 Å². The van der Waals surface area contributed by atoms with Crippen LogP contribution in [0.15, 0.2) is 24.4 Å². The summed E-state index contributed by atoms with van der Waals surface area (Å²) in [6.45, 7) is 5.40. The summed E-state index contributed by atoms with van der Waals surface area (Å²) in [6, 6.07) is 6.98. The van der Waals surface area contributed by atoms with Crippen LogP contribution in [0, 0.1) is 0 Å². The average molecular weight is 263 g/mol. The Hall–Kier alpha value is -1.13. The summed E-state index contributed by atoms with van der Waals surface area (Å²) in [4.78, 5) is 2.89. The third kappa shape index (κ3) is 3.43. The SMILES string of the molecule is CCc1ccc(C(C)NCCc2ccn(C)n2)s1. The summed E-state index contributed by atoms with van der Waals surface area (Å²) in [6.07, 6.45) is 4.11. The van der Waals surface area contributed by atoms with Gasteiger partial charge in [0.1, 0.15) is 0 Å². The van der Waals surface area contributed by atoms with E-state index in [1.807, 2.05) is 29.3 Å². The average Bonchev–Trinajstić information content (AvgIpc) is 2.98. The fraction of sp³-hybridized carbons (Fsp3) is 0.500. The van der Waals surface area contributed by atoms with Crippen molar-refractivity contribution in [1.29, 1.82) is 0 Å². The number of rotatable bonds is 6. The largest absolute Gasteiger partial charge is 0.309 e. The molecule has 3 nitrogen and oxygen atoms in total. The van der Waals surface area contributed by atoms with E-state index >= 15 is 0 Å². The van der Waals surface area contributed by atoms with Crippen LogP contribution in [-0.4, -0.2) is 16.3 Å². The lowest BCUT2D eigenvalue weighted by Gasteiger charge is -2.11. The molecule has 2 heterocycles. The number of nitrogens with one attached hydrogen (secondary N) is 1. The van der Waals surface area contributed by atoms with Crippen LogP contribution >= 0.6 is 11.3 Å². The van der Waals surface area contributed by atoms with E-state index in [0.29, 0.717) is 6.04 Å². The van der Waals surface area contributed by atoms with E-state index in [1.54, 1.807) is 0 Å². The predicted molar refractivity (Wildman–Crippen MR) is 77.0 cm³/mol. The zero-order valence-electron chi connectivity index (χ0n) is 11.3. The molecule has 0 radical (unpaired) electrons. The molecule has 2 aromatic rings. The maximum absolute atomic E-state index is 4.38. The van der Waals surface area contributed by atoms with Gasteiger partial charge in [0.05, 0.1) is 5.69 Å². The van der Waals surface area contributed by atoms with Gasteiger partial charge >= 0.3 is 0 Å². The normalized spacial score (nSPS) is 12.8. The standard InChI is InChI=1S/C14H21N3S/c1-4-13-5-6-14(18-13)11(2)15-9-7-12-8-10-17(3)16-12/h5-6,8,10-11,15H,4,7,9H2,1-3H3. The van der Waals surface area contributed by atoms with Crippen molar-refractivity contribution in [2.45, 2.75) is 32.7 Å². The predicted octanol–water partition coefficient (Wildman–Crippen LogP) is 2.94. The van der Waals surface area contributed by atoms with Crippen LogP contribution in [0.4, 0.5) is 0 Å². The Morgan fingerprint density at radius 1 is 1.39 bits per heavy atom. The topological polar surface area (TPSA) is 29.9 Å². The summed E-state index contributed by atoms with van der Waals surface area (Å²) in [7, 11) is 1.96. The van der Waals surface area contributed by atoms with E-state index in [1.165, 1.54) is 9.75 Å². The quantitative estimate of drug-likeness (QED) is 0.868. The second-order valence-corrected chi connectivity index (χ2v) is 5.76. The molecule has 0 aliphatic carbocycles. The zero-order valence-corrected chi connectivity index (χ0v) is 12.1. The minimum atomic E-state index is 0.430. The lowest BCUT2D eigenvalue weighted by atomic mass is 10.2. The highest BCUT2D eigenvalue weighted by Crippen LogP contribution is 2.23. The summed E-state index contributed by atoms with van der Waals surface area (Å²) in [5, 5.41) is 7.93. The summed E-state index contributed by atoms with van der Waals surface area (Å²) in [5.41, 5.74) is 1.15. The molecule has 0 amide bonds. The Bertz CT molecular complexity index is 487. The minimum Gasteiger partial charge on any atom is -0.309 e. The van der Waals surface area contributed by atoms with Crippen LogP contribution in [0.2, 0.25) is 0 Å². The molecule has 2 aromatic heterocycles. The molecule has 0 saturated heterocycles. The zero-order chi connectivity index (χ0) is 13.0. The number of hydrogen-bond acceptors (Lipinski definition) is 3. The number of thiophene rings is 1. The lowest BCUT2D eigenvalue weighted by Crippen LogP contribution is -2.20. The number of nitrogens with zero attached hydrogens (tertiary/aromatic N) is 2. The molecule has 18 heavy (non-hydrogen) atoms. The van der Waals surface area contributed by atoms with E-state index < -0.39 is 0 Å². The maximum atomic E-state index is 4.38. The van der Waals surface area contributed by atoms with Gasteiger partial charge in [0.2, 0.25) is 0 Å². The number of aryl methyl sites for hydroxylation is 2. The fourth-order valence-corrected chi connectivity index (χ4v) is 2.91. The smallest absolute Gasteiger partial charge is 0.0637 e. The molecule has 4 heteroatoms. The highest BCUT2D eigenvalue weighted by Gasteiger charge is 2.07. The second kappa shape index (κ2) is 6.16. The van der Waals surface area contributed by atoms with Crippen LogP contribution < -0.4 is 5.32 Å². The Labute approximate surface area is 113 Å². The van der Waals surface area contributed by atoms with Crippen molar-refractivity contribution in [3.63, 3.8) is 0 Å². The Morgan fingerprint density at radius 2 is 2.22 bits per heavy atom. The summed E-state index contributed by atoms with van der Waals surface area (Å²) in [5.74, 6) is 0. The van der Waals surface area contributed by atoms with Crippen molar-refractivity contribution in [3.8, 4) is 0 Å². The number of hydrogen-bond donors (Lipinski definition) is 1. The molecule has 1 unspecified atom stereocenters. The highest BCUT2D eigenvalue weighted by molar-refractivity contribution is 7.12. The molecule has 0 bridgehead atoms. The van der Waals surface area contributed by atoms with Crippen molar-refractivity contribution in [2.24, 2.45) is 7.05 Å². The van der Waals surface area contributed by atoms with Gasteiger partial charge in [0.25, 0.3) is 0 Å². The van der Waals surface area contributed by atoms with Crippen LogP contribution in [0.5, 0.6) is 0 Å². The van der Waals surface area contributed by atoms with Gasteiger partial charge in [-0.05, 0) is 31.5 Å². The third-order valence-electron chi connectivity index (χ3n) is 3.06. The Kier molecular flexibility index (Phi) is 4.55. The van der Waals surface area contributed by atoms with Crippen LogP contribution in [0.25, 0.3) is 0 Å². The Balaban J connectivity index is 1.79. The number of aromatic nitrogens is 2. The maximum Gasteiger partial charge on any atom is 0.0637 e. The molecule has 0 aromatic carbocycles. The van der Waals surface area contributed by atoms with Crippen molar-refractivity contribution in [3.05, 3.63) is 39.8 Å². The van der Waals surface area contributed by atoms with Crippen LogP contribution in [-0.2, 0) is 19.9 Å². The first kappa shape index (κ1) is 13.3. The first-order chi connectivity index (χ1) is 8.69. The van der Waals surface area contributed by atoms with E-state index in [9.17, 15) is 0 Å². The molecule has 2 rings (SSSR count). The minimum absolute atomic E-state index is 0.430.